The highest BCUT2D eigenvalue weighted by molar-refractivity contribution is 7.91. The molecule has 112 valence electrons. The van der Waals surface area contributed by atoms with E-state index < -0.39 is 38.7 Å². The monoisotopic (exact) mass is 303 g/mol. The van der Waals surface area contributed by atoms with Gasteiger partial charge in [-0.1, -0.05) is 6.07 Å². The molecule has 0 unspecified atom stereocenters. The molecule has 1 aromatic rings. The molecule has 0 bridgehead atoms. The van der Waals surface area contributed by atoms with Crippen molar-refractivity contribution in [3.05, 3.63) is 29.6 Å². The Kier molecular flexibility index (Phi) is 4.75. The number of carbonyl (C=O) groups is 1. The van der Waals surface area contributed by atoms with Gasteiger partial charge in [-0.2, -0.15) is 0 Å². The van der Waals surface area contributed by atoms with E-state index in [0.717, 1.165) is 6.07 Å². The number of esters is 1. The number of nitrogens with two attached hydrogens (primary N) is 1. The lowest BCUT2D eigenvalue weighted by Crippen LogP contribution is -2.29. The third kappa shape index (κ3) is 5.56. The molecule has 20 heavy (non-hydrogen) atoms. The van der Waals surface area contributed by atoms with E-state index in [0.29, 0.717) is 0 Å². The van der Waals surface area contributed by atoms with E-state index in [4.69, 9.17) is 10.5 Å². The lowest BCUT2D eigenvalue weighted by molar-refractivity contribution is -0.151. The van der Waals surface area contributed by atoms with Crippen LogP contribution in [0.4, 0.5) is 10.1 Å². The zero-order valence-electron chi connectivity index (χ0n) is 11.6. The molecule has 0 aromatic heterocycles. The number of rotatable bonds is 4. The number of nitrogen functional groups attached to an aromatic ring is 1. The lowest BCUT2D eigenvalue weighted by atomic mass is 10.2. The molecule has 0 fully saturated rings. The Hall–Kier alpha value is -1.63. The summed E-state index contributed by atoms with van der Waals surface area (Å²) in [6.45, 7) is 4.91. The fraction of sp³-hybridized carbons (Fsp3) is 0.462. The van der Waals surface area contributed by atoms with Gasteiger partial charge in [-0.25, -0.2) is 12.8 Å². The van der Waals surface area contributed by atoms with Crippen molar-refractivity contribution < 1.29 is 22.3 Å². The van der Waals surface area contributed by atoms with Crippen LogP contribution in [0.3, 0.4) is 0 Å². The Bertz CT molecular complexity index is 605. The maximum Gasteiger partial charge on any atom is 0.321 e. The van der Waals surface area contributed by atoms with E-state index in [1.165, 1.54) is 12.1 Å². The Morgan fingerprint density at radius 1 is 1.35 bits per heavy atom. The molecule has 2 N–H and O–H groups in total. The van der Waals surface area contributed by atoms with Crippen molar-refractivity contribution >= 4 is 21.5 Å². The average Bonchev–Trinajstić information content (AvgIpc) is 2.18. The number of anilines is 1. The van der Waals surface area contributed by atoms with E-state index in [-0.39, 0.29) is 11.3 Å². The van der Waals surface area contributed by atoms with Gasteiger partial charge < -0.3 is 10.5 Å². The number of carbonyl (C=O) groups excluding carboxylic acids is 1. The molecule has 0 heterocycles. The van der Waals surface area contributed by atoms with Gasteiger partial charge in [0.2, 0.25) is 0 Å². The van der Waals surface area contributed by atoms with E-state index in [1.807, 2.05) is 0 Å². The molecule has 0 aliphatic heterocycles. The number of hydrogen-bond acceptors (Lipinski definition) is 5. The summed E-state index contributed by atoms with van der Waals surface area (Å²) in [6, 6.07) is 3.73. The summed E-state index contributed by atoms with van der Waals surface area (Å²) in [7, 11) is -3.80. The van der Waals surface area contributed by atoms with E-state index in [9.17, 15) is 17.6 Å². The van der Waals surface area contributed by atoms with Crippen molar-refractivity contribution in [2.24, 2.45) is 0 Å². The molecule has 0 saturated heterocycles. The molecule has 0 aliphatic rings. The minimum absolute atomic E-state index is 0.0252. The topological polar surface area (TPSA) is 86.5 Å². The Morgan fingerprint density at radius 3 is 2.45 bits per heavy atom. The van der Waals surface area contributed by atoms with Gasteiger partial charge in [-0.15, -0.1) is 0 Å². The highest BCUT2D eigenvalue weighted by atomic mass is 32.2. The van der Waals surface area contributed by atoms with Gasteiger partial charge in [0, 0.05) is 11.3 Å². The number of hydrogen-bond donors (Lipinski definition) is 1. The van der Waals surface area contributed by atoms with Crippen molar-refractivity contribution in [1.82, 2.24) is 0 Å². The van der Waals surface area contributed by atoms with E-state index >= 15 is 0 Å². The molecule has 5 nitrogen and oxygen atoms in total. The third-order valence-electron chi connectivity index (χ3n) is 2.21. The van der Waals surface area contributed by atoms with E-state index in [1.54, 1.807) is 20.8 Å². The first-order valence-corrected chi connectivity index (χ1v) is 7.77. The number of halogens is 1. The maximum atomic E-state index is 13.5. The van der Waals surface area contributed by atoms with Crippen LogP contribution >= 0.6 is 0 Å². The highest BCUT2D eigenvalue weighted by Crippen LogP contribution is 2.16. The summed E-state index contributed by atoms with van der Waals surface area (Å²) < 4.78 is 42.1. The summed E-state index contributed by atoms with van der Waals surface area (Å²) >= 11 is 0. The SMILES string of the molecule is CC(C)(C)OC(=O)CS(=O)(=O)Cc1ccc(N)cc1F. The predicted octanol–water partition coefficient (Wildman–Crippen LogP) is 1.66. The summed E-state index contributed by atoms with van der Waals surface area (Å²) in [6.07, 6.45) is 0. The van der Waals surface area contributed by atoms with E-state index in [2.05, 4.69) is 0 Å². The molecule has 0 spiro atoms. The number of benzene rings is 1. The molecule has 0 amide bonds. The summed E-state index contributed by atoms with van der Waals surface area (Å²) in [5.74, 6) is -2.92. The van der Waals surface area contributed by atoms with Crippen LogP contribution in [0.15, 0.2) is 18.2 Å². The molecular weight excluding hydrogens is 285 g/mol. The minimum Gasteiger partial charge on any atom is -0.459 e. The smallest absolute Gasteiger partial charge is 0.321 e. The fourth-order valence-electron chi connectivity index (χ4n) is 1.52. The van der Waals surface area contributed by atoms with Gasteiger partial charge in [0.05, 0.1) is 5.75 Å². The second kappa shape index (κ2) is 5.78. The predicted molar refractivity (Wildman–Crippen MR) is 74.1 cm³/mol. The van der Waals surface area contributed by atoms with Gasteiger partial charge in [0.15, 0.2) is 9.84 Å². The van der Waals surface area contributed by atoms with Crippen LogP contribution in [-0.2, 0) is 25.1 Å². The van der Waals surface area contributed by atoms with Gasteiger partial charge in [0.1, 0.15) is 17.2 Å². The Morgan fingerprint density at radius 2 is 1.95 bits per heavy atom. The first kappa shape index (κ1) is 16.4. The van der Waals surface area contributed by atoms with Crippen molar-refractivity contribution in [1.29, 1.82) is 0 Å². The van der Waals surface area contributed by atoms with Gasteiger partial charge in [-0.3, -0.25) is 4.79 Å². The molecular formula is C13H18FNO4S. The first-order chi connectivity index (χ1) is 8.98. The zero-order valence-corrected chi connectivity index (χ0v) is 12.5. The standard InChI is InChI=1S/C13H18FNO4S/c1-13(2,3)19-12(16)8-20(17,18)7-9-4-5-10(15)6-11(9)14/h4-6H,7-8,15H2,1-3H3. The molecule has 0 radical (unpaired) electrons. The van der Waals surface area contributed by atoms with Crippen molar-refractivity contribution in [2.45, 2.75) is 32.1 Å². The molecule has 1 aromatic carbocycles. The molecule has 0 atom stereocenters. The first-order valence-electron chi connectivity index (χ1n) is 5.95. The second-order valence-corrected chi connectivity index (χ2v) is 7.53. The van der Waals surface area contributed by atoms with Crippen LogP contribution in [0.25, 0.3) is 0 Å². The van der Waals surface area contributed by atoms with Crippen LogP contribution in [0.1, 0.15) is 26.3 Å². The van der Waals surface area contributed by atoms with Crippen molar-refractivity contribution in [2.75, 3.05) is 11.5 Å². The van der Waals surface area contributed by atoms with Crippen molar-refractivity contribution in [3.63, 3.8) is 0 Å². The largest absolute Gasteiger partial charge is 0.459 e. The highest BCUT2D eigenvalue weighted by Gasteiger charge is 2.24. The van der Waals surface area contributed by atoms with Crippen molar-refractivity contribution in [3.8, 4) is 0 Å². The lowest BCUT2D eigenvalue weighted by Gasteiger charge is -2.19. The number of ether oxygens (including phenoxy) is 1. The van der Waals surface area contributed by atoms with Crippen LogP contribution in [0.5, 0.6) is 0 Å². The quantitative estimate of drug-likeness (QED) is 0.675. The Labute approximate surface area is 117 Å². The average molecular weight is 303 g/mol. The maximum absolute atomic E-state index is 13.5. The summed E-state index contributed by atoms with van der Waals surface area (Å²) in [5, 5.41) is 0. The molecule has 0 saturated carbocycles. The summed E-state index contributed by atoms with van der Waals surface area (Å²) in [5.41, 5.74) is 4.79. The summed E-state index contributed by atoms with van der Waals surface area (Å²) in [4.78, 5) is 11.5. The van der Waals surface area contributed by atoms with Gasteiger partial charge >= 0.3 is 5.97 Å². The van der Waals surface area contributed by atoms with Crippen LogP contribution in [0, 0.1) is 5.82 Å². The minimum atomic E-state index is -3.80. The number of sulfone groups is 1. The van der Waals surface area contributed by atoms with Crippen LogP contribution < -0.4 is 5.73 Å². The van der Waals surface area contributed by atoms with Gasteiger partial charge in [-0.05, 0) is 32.9 Å². The normalized spacial score (nSPS) is 12.2. The van der Waals surface area contributed by atoms with Crippen LogP contribution in [-0.4, -0.2) is 25.7 Å². The third-order valence-corrected chi connectivity index (χ3v) is 3.64. The van der Waals surface area contributed by atoms with Gasteiger partial charge in [0.25, 0.3) is 0 Å². The van der Waals surface area contributed by atoms with Crippen LogP contribution in [0.2, 0.25) is 0 Å². The molecule has 1 rings (SSSR count). The zero-order chi connectivity index (χ0) is 15.6. The molecule has 0 aliphatic carbocycles. The Balaban J connectivity index is 2.78. The second-order valence-electron chi connectivity index (χ2n) is 5.47. The molecule has 7 heteroatoms. The fourth-order valence-corrected chi connectivity index (χ4v) is 2.75.